The van der Waals surface area contributed by atoms with E-state index in [2.05, 4.69) is 10.2 Å². The van der Waals surface area contributed by atoms with Gasteiger partial charge in [0.2, 0.25) is 0 Å². The standard InChI is InChI=1S/C13H21N3O4/c17-10-5-11(12(18)19)16(7-10)13(20)14-8-3-4-15(6-8)9-1-2-9/h8-11,17H,1-7H2,(H,14,20)(H,18,19)/t8?,10-,11-/m0/s1. The molecule has 3 atom stereocenters. The van der Waals surface area contributed by atoms with Gasteiger partial charge in [0, 0.05) is 38.1 Å². The van der Waals surface area contributed by atoms with Crippen LogP contribution in [0.15, 0.2) is 0 Å². The van der Waals surface area contributed by atoms with E-state index in [1.807, 2.05) is 0 Å². The number of carbonyl (C=O) groups is 2. The SMILES string of the molecule is O=C(O)[C@@H]1C[C@H](O)CN1C(=O)NC1CCN(C2CC2)C1. The zero-order chi connectivity index (χ0) is 14.3. The number of carboxylic acid groups (broad SMARTS) is 1. The maximum Gasteiger partial charge on any atom is 0.326 e. The molecule has 0 aromatic carbocycles. The number of amides is 2. The molecular formula is C13H21N3O4. The zero-order valence-corrected chi connectivity index (χ0v) is 11.4. The van der Waals surface area contributed by atoms with Crippen LogP contribution in [0.4, 0.5) is 4.79 Å². The molecule has 3 N–H and O–H groups in total. The first-order valence-corrected chi connectivity index (χ1v) is 7.26. The summed E-state index contributed by atoms with van der Waals surface area (Å²) in [6.07, 6.45) is 2.78. The molecule has 0 aromatic rings. The summed E-state index contributed by atoms with van der Waals surface area (Å²) in [4.78, 5) is 26.9. The summed E-state index contributed by atoms with van der Waals surface area (Å²) in [6, 6.07) is -0.491. The molecule has 2 amide bonds. The van der Waals surface area contributed by atoms with Crippen LogP contribution in [0.5, 0.6) is 0 Å². The van der Waals surface area contributed by atoms with Crippen LogP contribution in [0.25, 0.3) is 0 Å². The van der Waals surface area contributed by atoms with Crippen molar-refractivity contribution < 1.29 is 19.8 Å². The van der Waals surface area contributed by atoms with Crippen molar-refractivity contribution >= 4 is 12.0 Å². The van der Waals surface area contributed by atoms with Crippen molar-refractivity contribution in [2.45, 2.75) is 49.9 Å². The van der Waals surface area contributed by atoms with E-state index in [1.165, 1.54) is 17.7 Å². The largest absolute Gasteiger partial charge is 0.480 e. The third kappa shape index (κ3) is 2.73. The first-order chi connectivity index (χ1) is 9.54. The molecule has 2 heterocycles. The first-order valence-electron chi connectivity index (χ1n) is 7.26. The van der Waals surface area contributed by atoms with Gasteiger partial charge in [-0.15, -0.1) is 0 Å². The van der Waals surface area contributed by atoms with Crippen LogP contribution in [0.2, 0.25) is 0 Å². The summed E-state index contributed by atoms with van der Waals surface area (Å²) in [5.74, 6) is -1.05. The van der Waals surface area contributed by atoms with E-state index >= 15 is 0 Å². The first kappa shape index (κ1) is 13.6. The number of likely N-dealkylation sites (tertiary alicyclic amines) is 2. The fourth-order valence-electron chi connectivity index (χ4n) is 3.21. The molecule has 2 saturated heterocycles. The summed E-state index contributed by atoms with van der Waals surface area (Å²) in [7, 11) is 0. The number of nitrogens with zero attached hydrogens (tertiary/aromatic N) is 2. The average Bonchev–Trinajstić information content (AvgIpc) is 3.01. The van der Waals surface area contributed by atoms with Gasteiger partial charge in [0.25, 0.3) is 0 Å². The number of nitrogens with one attached hydrogen (secondary N) is 1. The van der Waals surface area contributed by atoms with E-state index in [4.69, 9.17) is 5.11 Å². The maximum atomic E-state index is 12.2. The van der Waals surface area contributed by atoms with E-state index in [0.29, 0.717) is 6.04 Å². The number of hydrogen-bond donors (Lipinski definition) is 3. The molecule has 3 rings (SSSR count). The Morgan fingerprint density at radius 3 is 2.55 bits per heavy atom. The number of hydrogen-bond acceptors (Lipinski definition) is 4. The van der Waals surface area contributed by atoms with E-state index < -0.39 is 18.1 Å². The highest BCUT2D eigenvalue weighted by Gasteiger charge is 2.40. The van der Waals surface area contributed by atoms with Crippen molar-refractivity contribution in [1.82, 2.24) is 15.1 Å². The zero-order valence-electron chi connectivity index (χ0n) is 11.4. The van der Waals surface area contributed by atoms with Crippen LogP contribution in [0.3, 0.4) is 0 Å². The Balaban J connectivity index is 1.54. The molecule has 1 aliphatic carbocycles. The van der Waals surface area contributed by atoms with Crippen LogP contribution in [-0.2, 0) is 4.79 Å². The van der Waals surface area contributed by atoms with Crippen LogP contribution < -0.4 is 5.32 Å². The third-order valence-electron chi connectivity index (χ3n) is 4.44. The predicted molar refractivity (Wildman–Crippen MR) is 70.3 cm³/mol. The lowest BCUT2D eigenvalue weighted by Gasteiger charge is -2.24. The van der Waals surface area contributed by atoms with Crippen LogP contribution in [-0.4, -0.2) is 75.9 Å². The molecule has 7 nitrogen and oxygen atoms in total. The number of urea groups is 1. The minimum absolute atomic E-state index is 0.0929. The minimum atomic E-state index is -1.05. The van der Waals surface area contributed by atoms with Gasteiger partial charge in [0.05, 0.1) is 6.10 Å². The molecule has 0 radical (unpaired) electrons. The Bertz CT molecular complexity index is 412. The Morgan fingerprint density at radius 1 is 1.15 bits per heavy atom. The van der Waals surface area contributed by atoms with Crippen molar-refractivity contribution in [1.29, 1.82) is 0 Å². The molecule has 3 aliphatic rings. The summed E-state index contributed by atoms with van der Waals surface area (Å²) < 4.78 is 0. The lowest BCUT2D eigenvalue weighted by atomic mass is 10.2. The second-order valence-electron chi connectivity index (χ2n) is 6.06. The molecule has 1 saturated carbocycles. The summed E-state index contributed by atoms with van der Waals surface area (Å²) in [5, 5.41) is 21.6. The molecule has 112 valence electrons. The van der Waals surface area contributed by atoms with Crippen molar-refractivity contribution in [3.63, 3.8) is 0 Å². The fourth-order valence-corrected chi connectivity index (χ4v) is 3.21. The van der Waals surface area contributed by atoms with Crippen molar-refractivity contribution in [3.05, 3.63) is 0 Å². The number of aliphatic hydroxyl groups is 1. The highest BCUT2D eigenvalue weighted by atomic mass is 16.4. The normalized spacial score (nSPS) is 34.5. The fraction of sp³-hybridized carbons (Fsp3) is 0.846. The lowest BCUT2D eigenvalue weighted by Crippen LogP contribution is -2.49. The molecular weight excluding hydrogens is 262 g/mol. The molecule has 2 aliphatic heterocycles. The number of aliphatic carboxylic acids is 1. The number of carboxylic acids is 1. The van der Waals surface area contributed by atoms with Crippen molar-refractivity contribution in [2.24, 2.45) is 0 Å². The van der Waals surface area contributed by atoms with E-state index in [0.717, 1.165) is 19.5 Å². The van der Waals surface area contributed by atoms with Gasteiger partial charge in [-0.2, -0.15) is 0 Å². The monoisotopic (exact) mass is 283 g/mol. The predicted octanol–water partition coefficient (Wildman–Crippen LogP) is -0.547. The van der Waals surface area contributed by atoms with Crippen molar-refractivity contribution in [2.75, 3.05) is 19.6 Å². The van der Waals surface area contributed by atoms with Gasteiger partial charge in [0.1, 0.15) is 6.04 Å². The topological polar surface area (TPSA) is 93.1 Å². The highest BCUT2D eigenvalue weighted by molar-refractivity contribution is 5.83. The quantitative estimate of drug-likeness (QED) is 0.646. The average molecular weight is 283 g/mol. The van der Waals surface area contributed by atoms with E-state index in [-0.39, 0.29) is 25.0 Å². The summed E-state index contributed by atoms with van der Waals surface area (Å²) >= 11 is 0. The number of carbonyl (C=O) groups excluding carboxylic acids is 1. The summed E-state index contributed by atoms with van der Waals surface area (Å²) in [5.41, 5.74) is 0. The van der Waals surface area contributed by atoms with Crippen LogP contribution >= 0.6 is 0 Å². The summed E-state index contributed by atoms with van der Waals surface area (Å²) in [6.45, 7) is 1.95. The van der Waals surface area contributed by atoms with Gasteiger partial charge in [-0.1, -0.05) is 0 Å². The van der Waals surface area contributed by atoms with E-state index in [1.54, 1.807) is 0 Å². The van der Waals surface area contributed by atoms with Gasteiger partial charge in [-0.25, -0.2) is 9.59 Å². The third-order valence-corrected chi connectivity index (χ3v) is 4.44. The lowest BCUT2D eigenvalue weighted by molar-refractivity contribution is -0.141. The second kappa shape index (κ2) is 5.21. The molecule has 0 bridgehead atoms. The van der Waals surface area contributed by atoms with Gasteiger partial charge in [-0.05, 0) is 19.3 Å². The molecule has 20 heavy (non-hydrogen) atoms. The Labute approximate surface area is 117 Å². The number of β-amino-alcohol motifs (C(OH)–C–C–N with tert-alkyl or cyclic N) is 1. The Morgan fingerprint density at radius 2 is 1.90 bits per heavy atom. The van der Waals surface area contributed by atoms with Gasteiger partial charge < -0.3 is 20.4 Å². The van der Waals surface area contributed by atoms with E-state index in [9.17, 15) is 14.7 Å². The maximum absolute atomic E-state index is 12.2. The molecule has 0 spiro atoms. The van der Waals surface area contributed by atoms with Gasteiger partial charge in [0.15, 0.2) is 0 Å². The Hall–Kier alpha value is -1.34. The molecule has 1 unspecified atom stereocenters. The highest BCUT2D eigenvalue weighted by Crippen LogP contribution is 2.30. The van der Waals surface area contributed by atoms with Crippen molar-refractivity contribution in [3.8, 4) is 0 Å². The molecule has 3 fully saturated rings. The smallest absolute Gasteiger partial charge is 0.326 e. The van der Waals surface area contributed by atoms with Gasteiger partial charge in [-0.3, -0.25) is 4.90 Å². The minimum Gasteiger partial charge on any atom is -0.480 e. The van der Waals surface area contributed by atoms with Crippen LogP contribution in [0.1, 0.15) is 25.7 Å². The van der Waals surface area contributed by atoms with Gasteiger partial charge >= 0.3 is 12.0 Å². The molecule has 7 heteroatoms. The number of rotatable bonds is 3. The second-order valence-corrected chi connectivity index (χ2v) is 6.06. The van der Waals surface area contributed by atoms with Crippen LogP contribution in [0, 0.1) is 0 Å². The number of aliphatic hydroxyl groups excluding tert-OH is 1. The molecule has 0 aromatic heterocycles. The Kier molecular flexibility index (Phi) is 3.55.